The van der Waals surface area contributed by atoms with Crippen molar-refractivity contribution in [3.05, 3.63) is 93.0 Å². The maximum atomic E-state index is 12.2. The summed E-state index contributed by atoms with van der Waals surface area (Å²) in [5, 5.41) is 3.16. The molecule has 0 saturated carbocycles. The van der Waals surface area contributed by atoms with E-state index in [1.54, 1.807) is 24.3 Å². The number of benzene rings is 2. The van der Waals surface area contributed by atoms with Crippen LogP contribution in [0, 0.1) is 0 Å². The topological polar surface area (TPSA) is 112 Å². The zero-order valence-corrected chi connectivity index (χ0v) is 15.2. The molecule has 0 aliphatic carbocycles. The summed E-state index contributed by atoms with van der Waals surface area (Å²) in [7, 11) is 0. The molecule has 7 nitrogen and oxygen atoms in total. The number of hydrogen-bond donors (Lipinski definition) is 2. The molecule has 2 amide bonds. The van der Waals surface area contributed by atoms with E-state index < -0.39 is 17.2 Å². The molecular formula is C20H15ClN2O5. The lowest BCUT2D eigenvalue weighted by molar-refractivity contribution is 0.0989. The number of amides is 2. The van der Waals surface area contributed by atoms with Crippen molar-refractivity contribution < 1.29 is 18.7 Å². The number of primary amides is 1. The Labute approximate surface area is 164 Å². The normalized spacial score (nSPS) is 10.3. The second-order valence-corrected chi connectivity index (χ2v) is 6.22. The minimum atomic E-state index is -0.617. The lowest BCUT2D eigenvalue weighted by Gasteiger charge is -2.07. The molecule has 1 heterocycles. The van der Waals surface area contributed by atoms with Crippen LogP contribution in [0.3, 0.4) is 0 Å². The van der Waals surface area contributed by atoms with Gasteiger partial charge in [-0.3, -0.25) is 14.4 Å². The van der Waals surface area contributed by atoms with E-state index in [1.165, 1.54) is 24.3 Å². The van der Waals surface area contributed by atoms with Gasteiger partial charge >= 0.3 is 0 Å². The first-order valence-corrected chi connectivity index (χ1v) is 8.51. The van der Waals surface area contributed by atoms with Crippen LogP contribution in [-0.2, 0) is 6.61 Å². The van der Waals surface area contributed by atoms with Crippen LogP contribution < -0.4 is 21.2 Å². The monoisotopic (exact) mass is 398 g/mol. The van der Waals surface area contributed by atoms with Gasteiger partial charge in [0.15, 0.2) is 5.76 Å². The number of ether oxygens (including phenoxy) is 1. The number of carbonyl (C=O) groups is 2. The van der Waals surface area contributed by atoms with Crippen LogP contribution in [0.25, 0.3) is 0 Å². The van der Waals surface area contributed by atoms with Crippen molar-refractivity contribution in [2.45, 2.75) is 6.61 Å². The van der Waals surface area contributed by atoms with Gasteiger partial charge in [-0.15, -0.1) is 0 Å². The molecule has 0 saturated heterocycles. The van der Waals surface area contributed by atoms with E-state index in [1.807, 2.05) is 0 Å². The van der Waals surface area contributed by atoms with Crippen molar-refractivity contribution in [2.75, 3.05) is 5.32 Å². The Kier molecular flexibility index (Phi) is 5.76. The average Bonchev–Trinajstić information content (AvgIpc) is 2.68. The number of hydrogen-bond acceptors (Lipinski definition) is 5. The Balaban J connectivity index is 1.65. The van der Waals surface area contributed by atoms with Gasteiger partial charge in [0.1, 0.15) is 12.9 Å². The highest BCUT2D eigenvalue weighted by atomic mass is 35.5. The highest BCUT2D eigenvalue weighted by Gasteiger charge is 2.13. The Bertz CT molecular complexity index is 1060. The van der Waals surface area contributed by atoms with Crippen molar-refractivity contribution in [2.24, 2.45) is 5.73 Å². The molecule has 0 radical (unpaired) electrons. The zero-order chi connectivity index (χ0) is 20.1. The molecule has 0 bridgehead atoms. The van der Waals surface area contributed by atoms with E-state index in [0.717, 1.165) is 17.9 Å². The highest BCUT2D eigenvalue weighted by molar-refractivity contribution is 6.30. The van der Waals surface area contributed by atoms with Crippen molar-refractivity contribution in [3.8, 4) is 5.75 Å². The summed E-state index contributed by atoms with van der Waals surface area (Å²) in [5.74, 6) is -1.38. The van der Waals surface area contributed by atoms with Crippen LogP contribution in [0.4, 0.5) is 5.69 Å². The lowest BCUT2D eigenvalue weighted by Crippen LogP contribution is -2.16. The molecule has 3 rings (SSSR count). The standard InChI is InChI=1S/C20H15ClN2O5/c21-14-5-1-12(2-6-14)10-27-18-11-28-17(9-16(18)24)20(26)23-15-7-3-13(4-8-15)19(22)25/h1-9,11H,10H2,(H2,22,25)(H,23,26). The van der Waals surface area contributed by atoms with Crippen molar-refractivity contribution in [1.82, 2.24) is 0 Å². The van der Waals surface area contributed by atoms with Gasteiger partial charge in [0, 0.05) is 22.3 Å². The molecule has 0 unspecified atom stereocenters. The van der Waals surface area contributed by atoms with Crippen LogP contribution in [-0.4, -0.2) is 11.8 Å². The molecule has 0 spiro atoms. The SMILES string of the molecule is NC(=O)c1ccc(NC(=O)c2cc(=O)c(OCc3ccc(Cl)cc3)co2)cc1. The summed E-state index contributed by atoms with van der Waals surface area (Å²) in [6, 6.07) is 14.0. The number of nitrogens with two attached hydrogens (primary N) is 1. The van der Waals surface area contributed by atoms with Crippen LogP contribution in [0.1, 0.15) is 26.5 Å². The Morgan fingerprint density at radius 1 is 1.07 bits per heavy atom. The van der Waals surface area contributed by atoms with E-state index in [0.29, 0.717) is 16.3 Å². The molecule has 142 valence electrons. The predicted molar refractivity (Wildman–Crippen MR) is 104 cm³/mol. The largest absolute Gasteiger partial charge is 0.482 e. The second kappa shape index (κ2) is 8.41. The van der Waals surface area contributed by atoms with E-state index in [2.05, 4.69) is 5.32 Å². The summed E-state index contributed by atoms with van der Waals surface area (Å²) < 4.78 is 10.6. The van der Waals surface area contributed by atoms with Gasteiger partial charge in [0.05, 0.1) is 0 Å². The molecule has 3 aromatic rings. The third kappa shape index (κ3) is 4.77. The number of anilines is 1. The molecule has 1 aromatic heterocycles. The van der Waals surface area contributed by atoms with Crippen LogP contribution in [0.15, 0.2) is 70.1 Å². The Morgan fingerprint density at radius 2 is 1.75 bits per heavy atom. The lowest BCUT2D eigenvalue weighted by atomic mass is 10.2. The second-order valence-electron chi connectivity index (χ2n) is 5.78. The van der Waals surface area contributed by atoms with E-state index in [-0.39, 0.29) is 18.1 Å². The molecule has 0 fully saturated rings. The summed E-state index contributed by atoms with van der Waals surface area (Å²) in [6.45, 7) is 0.152. The Morgan fingerprint density at radius 3 is 2.36 bits per heavy atom. The number of rotatable bonds is 6. The van der Waals surface area contributed by atoms with Gasteiger partial charge < -0.3 is 20.2 Å². The third-order valence-electron chi connectivity index (χ3n) is 3.76. The van der Waals surface area contributed by atoms with Crippen molar-refractivity contribution >= 4 is 29.1 Å². The molecular weight excluding hydrogens is 384 g/mol. The Hall–Kier alpha value is -3.58. The fourth-order valence-electron chi connectivity index (χ4n) is 2.28. The molecule has 8 heteroatoms. The van der Waals surface area contributed by atoms with Gasteiger partial charge in [-0.1, -0.05) is 23.7 Å². The van der Waals surface area contributed by atoms with Crippen molar-refractivity contribution in [1.29, 1.82) is 0 Å². The van der Waals surface area contributed by atoms with Gasteiger partial charge in [-0.25, -0.2) is 0 Å². The molecule has 2 aromatic carbocycles. The molecule has 3 N–H and O–H groups in total. The van der Waals surface area contributed by atoms with Crippen molar-refractivity contribution in [3.63, 3.8) is 0 Å². The minimum absolute atomic E-state index is 0.0164. The summed E-state index contributed by atoms with van der Waals surface area (Å²) >= 11 is 5.82. The highest BCUT2D eigenvalue weighted by Crippen LogP contribution is 2.14. The molecule has 0 aliphatic rings. The smallest absolute Gasteiger partial charge is 0.291 e. The average molecular weight is 399 g/mol. The number of carbonyl (C=O) groups excluding carboxylic acids is 2. The zero-order valence-electron chi connectivity index (χ0n) is 14.5. The number of nitrogens with one attached hydrogen (secondary N) is 1. The van der Waals surface area contributed by atoms with Crippen LogP contribution >= 0.6 is 11.6 Å². The van der Waals surface area contributed by atoms with E-state index in [4.69, 9.17) is 26.5 Å². The maximum Gasteiger partial charge on any atom is 0.291 e. The summed E-state index contributed by atoms with van der Waals surface area (Å²) in [6.07, 6.45) is 1.09. The first-order valence-electron chi connectivity index (χ1n) is 8.13. The van der Waals surface area contributed by atoms with Gasteiger partial charge in [0.25, 0.3) is 5.91 Å². The predicted octanol–water partition coefficient (Wildman–Crippen LogP) is 3.22. The quantitative estimate of drug-likeness (QED) is 0.662. The first kappa shape index (κ1) is 19.2. The molecule has 0 atom stereocenters. The van der Waals surface area contributed by atoms with Gasteiger partial charge in [-0.2, -0.15) is 0 Å². The fourth-order valence-corrected chi connectivity index (χ4v) is 2.40. The van der Waals surface area contributed by atoms with E-state index >= 15 is 0 Å². The minimum Gasteiger partial charge on any atom is -0.482 e. The van der Waals surface area contributed by atoms with Crippen LogP contribution in [0.5, 0.6) is 5.75 Å². The summed E-state index contributed by atoms with van der Waals surface area (Å²) in [5.41, 5.74) is 6.22. The third-order valence-corrected chi connectivity index (χ3v) is 4.01. The van der Waals surface area contributed by atoms with Gasteiger partial charge in [0.2, 0.25) is 17.1 Å². The summed E-state index contributed by atoms with van der Waals surface area (Å²) in [4.78, 5) is 35.4. The fraction of sp³-hybridized carbons (Fsp3) is 0.0500. The molecule has 0 aliphatic heterocycles. The first-order chi connectivity index (χ1) is 13.4. The van der Waals surface area contributed by atoms with Gasteiger partial charge in [-0.05, 0) is 42.0 Å². The maximum absolute atomic E-state index is 12.2. The number of halogens is 1. The van der Waals surface area contributed by atoms with E-state index in [9.17, 15) is 14.4 Å². The molecule has 28 heavy (non-hydrogen) atoms. The van der Waals surface area contributed by atoms with Crippen LogP contribution in [0.2, 0.25) is 5.02 Å².